The van der Waals surface area contributed by atoms with E-state index in [-0.39, 0.29) is 17.3 Å². The zero-order valence-electron chi connectivity index (χ0n) is 7.54. The van der Waals surface area contributed by atoms with E-state index in [1.165, 1.54) is 10.9 Å². The highest BCUT2D eigenvalue weighted by Crippen LogP contribution is 2.25. The van der Waals surface area contributed by atoms with E-state index in [2.05, 4.69) is 5.10 Å². The molecule has 0 aromatic carbocycles. The molecule has 0 radical (unpaired) electrons. The molecule has 3 nitrogen and oxygen atoms in total. The van der Waals surface area contributed by atoms with Crippen LogP contribution >= 0.6 is 0 Å². The van der Waals surface area contributed by atoms with Gasteiger partial charge in [-0.25, -0.2) is 8.78 Å². The number of aliphatic hydroxyl groups is 1. The molecular weight excluding hydrogens is 178 g/mol. The van der Waals surface area contributed by atoms with E-state index < -0.39 is 13.0 Å². The van der Waals surface area contributed by atoms with Crippen molar-refractivity contribution in [3.63, 3.8) is 0 Å². The van der Waals surface area contributed by atoms with Crippen molar-refractivity contribution < 1.29 is 13.9 Å². The quantitative estimate of drug-likeness (QED) is 0.790. The maximum Gasteiger partial charge on any atom is 0.280 e. The Morgan fingerprint density at radius 2 is 2.15 bits per heavy atom. The first-order chi connectivity index (χ1) is 6.07. The Bertz CT molecular complexity index is 284. The van der Waals surface area contributed by atoms with Crippen LogP contribution in [0.25, 0.3) is 0 Å². The zero-order chi connectivity index (χ0) is 10.0. The zero-order valence-corrected chi connectivity index (χ0v) is 7.54. The van der Waals surface area contributed by atoms with Crippen LogP contribution in [0.5, 0.6) is 0 Å². The van der Waals surface area contributed by atoms with Crippen LogP contribution in [-0.4, -0.2) is 14.9 Å². The van der Waals surface area contributed by atoms with Crippen LogP contribution in [0, 0.1) is 0 Å². The van der Waals surface area contributed by atoms with E-state index in [4.69, 9.17) is 5.11 Å². The monoisotopic (exact) mass is 190 g/mol. The Hall–Kier alpha value is -0.970. The van der Waals surface area contributed by atoms with Gasteiger partial charge >= 0.3 is 0 Å². The van der Waals surface area contributed by atoms with Crippen molar-refractivity contribution >= 4 is 0 Å². The smallest absolute Gasteiger partial charge is 0.280 e. The molecule has 0 atom stereocenters. The van der Waals surface area contributed by atoms with Gasteiger partial charge in [0.2, 0.25) is 0 Å². The van der Waals surface area contributed by atoms with Crippen molar-refractivity contribution in [3.05, 3.63) is 17.5 Å². The average molecular weight is 190 g/mol. The number of nitrogens with zero attached hydrogens (tertiary/aromatic N) is 2. The molecule has 0 saturated carbocycles. The normalized spacial score (nSPS) is 11.6. The van der Waals surface area contributed by atoms with Gasteiger partial charge in [0.05, 0.1) is 12.8 Å². The van der Waals surface area contributed by atoms with Crippen molar-refractivity contribution in [2.45, 2.75) is 32.9 Å². The van der Waals surface area contributed by atoms with Gasteiger partial charge in [-0.15, -0.1) is 0 Å². The fraction of sp³-hybridized carbons (Fsp3) is 0.625. The second-order valence-corrected chi connectivity index (χ2v) is 3.05. The van der Waals surface area contributed by atoms with Crippen LogP contribution in [0.4, 0.5) is 8.78 Å². The highest BCUT2D eigenvalue weighted by molar-refractivity contribution is 5.18. The van der Waals surface area contributed by atoms with Gasteiger partial charge < -0.3 is 5.11 Å². The topological polar surface area (TPSA) is 38.0 Å². The van der Waals surface area contributed by atoms with Crippen molar-refractivity contribution in [2.75, 3.05) is 0 Å². The highest BCUT2D eigenvalue weighted by Gasteiger charge is 2.20. The standard InChI is InChI=1S/C8H12F2N2O/c1-5(2)12-7(8(9)10)6(4-13)3-11-12/h3,5,8,13H,4H2,1-2H3. The number of alkyl halides is 2. The maximum absolute atomic E-state index is 12.5. The number of rotatable bonds is 3. The van der Waals surface area contributed by atoms with Crippen LogP contribution in [-0.2, 0) is 6.61 Å². The molecule has 13 heavy (non-hydrogen) atoms. The summed E-state index contributed by atoms with van der Waals surface area (Å²) in [4.78, 5) is 0. The summed E-state index contributed by atoms with van der Waals surface area (Å²) in [5, 5.41) is 12.6. The molecule has 1 rings (SSSR count). The summed E-state index contributed by atoms with van der Waals surface area (Å²) < 4.78 is 26.2. The molecule has 5 heteroatoms. The first-order valence-corrected chi connectivity index (χ1v) is 4.03. The third-order valence-electron chi connectivity index (χ3n) is 1.78. The molecule has 1 aromatic heterocycles. The first-order valence-electron chi connectivity index (χ1n) is 4.03. The Balaban J connectivity index is 3.14. The second kappa shape index (κ2) is 3.83. The molecule has 0 unspecified atom stereocenters. The van der Waals surface area contributed by atoms with Gasteiger partial charge in [0, 0.05) is 11.6 Å². The fourth-order valence-electron chi connectivity index (χ4n) is 1.18. The third-order valence-corrected chi connectivity index (χ3v) is 1.78. The summed E-state index contributed by atoms with van der Waals surface area (Å²) in [6.45, 7) is 3.13. The minimum atomic E-state index is -2.59. The molecule has 0 bridgehead atoms. The number of hydrogen-bond acceptors (Lipinski definition) is 2. The molecule has 0 saturated heterocycles. The molecule has 1 heterocycles. The van der Waals surface area contributed by atoms with E-state index in [1.807, 2.05) is 0 Å². The van der Waals surface area contributed by atoms with Crippen molar-refractivity contribution in [1.82, 2.24) is 9.78 Å². The van der Waals surface area contributed by atoms with Gasteiger partial charge in [-0.05, 0) is 13.8 Å². The van der Waals surface area contributed by atoms with Gasteiger partial charge in [-0.1, -0.05) is 0 Å². The fourth-order valence-corrected chi connectivity index (χ4v) is 1.18. The van der Waals surface area contributed by atoms with Gasteiger partial charge in [0.15, 0.2) is 0 Å². The predicted molar refractivity (Wildman–Crippen MR) is 43.5 cm³/mol. The van der Waals surface area contributed by atoms with Crippen LogP contribution in [0.15, 0.2) is 6.20 Å². The van der Waals surface area contributed by atoms with Gasteiger partial charge in [0.1, 0.15) is 5.69 Å². The third kappa shape index (κ3) is 1.85. The molecule has 0 aliphatic heterocycles. The lowest BCUT2D eigenvalue weighted by atomic mass is 10.2. The van der Waals surface area contributed by atoms with Gasteiger partial charge in [0.25, 0.3) is 6.43 Å². The Morgan fingerprint density at radius 3 is 2.54 bits per heavy atom. The largest absolute Gasteiger partial charge is 0.392 e. The molecule has 0 aliphatic carbocycles. The van der Waals surface area contributed by atoms with Gasteiger partial charge in [-0.3, -0.25) is 4.68 Å². The average Bonchev–Trinajstić information content (AvgIpc) is 2.46. The summed E-state index contributed by atoms with van der Waals surface area (Å²) in [5.74, 6) is 0. The number of aromatic nitrogens is 2. The SMILES string of the molecule is CC(C)n1ncc(CO)c1C(F)F. The molecule has 74 valence electrons. The van der Waals surface area contributed by atoms with Crippen molar-refractivity contribution in [2.24, 2.45) is 0 Å². The highest BCUT2D eigenvalue weighted by atomic mass is 19.3. The van der Waals surface area contributed by atoms with Crippen LogP contribution in [0.3, 0.4) is 0 Å². The molecule has 1 N–H and O–H groups in total. The van der Waals surface area contributed by atoms with E-state index in [0.717, 1.165) is 0 Å². The minimum Gasteiger partial charge on any atom is -0.392 e. The predicted octanol–water partition coefficient (Wildman–Crippen LogP) is 1.89. The molecule has 0 fully saturated rings. The van der Waals surface area contributed by atoms with E-state index in [1.54, 1.807) is 13.8 Å². The molecule has 0 amide bonds. The Labute approximate surface area is 75.0 Å². The number of hydrogen-bond donors (Lipinski definition) is 1. The Kier molecular flexibility index (Phi) is 2.98. The van der Waals surface area contributed by atoms with E-state index in [0.29, 0.717) is 0 Å². The maximum atomic E-state index is 12.5. The summed E-state index contributed by atoms with van der Waals surface area (Å²) in [7, 11) is 0. The summed E-state index contributed by atoms with van der Waals surface area (Å²) in [6.07, 6.45) is -1.31. The lowest BCUT2D eigenvalue weighted by Gasteiger charge is -2.10. The molecule has 0 aliphatic rings. The van der Waals surface area contributed by atoms with E-state index >= 15 is 0 Å². The van der Waals surface area contributed by atoms with E-state index in [9.17, 15) is 8.78 Å². The van der Waals surface area contributed by atoms with Crippen molar-refractivity contribution in [1.29, 1.82) is 0 Å². The lowest BCUT2D eigenvalue weighted by molar-refractivity contribution is 0.133. The van der Waals surface area contributed by atoms with Crippen LogP contribution in [0.1, 0.15) is 37.6 Å². The number of aliphatic hydroxyl groups excluding tert-OH is 1. The minimum absolute atomic E-state index is 0.121. The second-order valence-electron chi connectivity index (χ2n) is 3.05. The Morgan fingerprint density at radius 1 is 1.54 bits per heavy atom. The first kappa shape index (κ1) is 10.1. The lowest BCUT2D eigenvalue weighted by Crippen LogP contribution is -2.08. The van der Waals surface area contributed by atoms with Crippen molar-refractivity contribution in [3.8, 4) is 0 Å². The van der Waals surface area contributed by atoms with Crippen LogP contribution in [0.2, 0.25) is 0 Å². The molecule has 1 aromatic rings. The molecular formula is C8H12F2N2O. The molecule has 0 spiro atoms. The summed E-state index contributed by atoms with van der Waals surface area (Å²) >= 11 is 0. The summed E-state index contributed by atoms with van der Waals surface area (Å²) in [5.41, 5.74) is 0.0150. The van der Waals surface area contributed by atoms with Crippen LogP contribution < -0.4 is 0 Å². The van der Waals surface area contributed by atoms with Gasteiger partial charge in [-0.2, -0.15) is 5.10 Å². The number of halogens is 2. The summed E-state index contributed by atoms with van der Waals surface area (Å²) in [6, 6.07) is -0.121.